The quantitative estimate of drug-likeness (QED) is 0.821. The van der Waals surface area contributed by atoms with E-state index in [1.807, 2.05) is 19.1 Å². The van der Waals surface area contributed by atoms with Crippen LogP contribution in [0.2, 0.25) is 0 Å². The maximum absolute atomic E-state index is 9.53. The lowest BCUT2D eigenvalue weighted by molar-refractivity contribution is 0.176. The summed E-state index contributed by atoms with van der Waals surface area (Å²) in [4.78, 5) is 2.29. The molecule has 0 amide bonds. The number of likely N-dealkylation sites (N-methyl/N-ethyl adjacent to an activating group) is 1. The van der Waals surface area contributed by atoms with Crippen LogP contribution in [0.25, 0.3) is 0 Å². The monoisotopic (exact) mass is 221 g/mol. The van der Waals surface area contributed by atoms with Gasteiger partial charge in [-0.1, -0.05) is 0 Å². The van der Waals surface area contributed by atoms with E-state index in [9.17, 15) is 10.2 Å². The Morgan fingerprint density at radius 3 is 2.88 bits per heavy atom. The van der Waals surface area contributed by atoms with Crippen molar-refractivity contribution in [3.8, 4) is 5.75 Å². The van der Waals surface area contributed by atoms with Crippen LogP contribution < -0.4 is 4.90 Å². The highest BCUT2D eigenvalue weighted by atomic mass is 16.3. The smallest absolute Gasteiger partial charge is 0.116 e. The molecule has 1 aromatic rings. The molecule has 1 aromatic carbocycles. The molecular formula is C13H19NO2. The van der Waals surface area contributed by atoms with E-state index >= 15 is 0 Å². The Balaban J connectivity index is 2.31. The minimum Gasteiger partial charge on any atom is -0.508 e. The van der Waals surface area contributed by atoms with E-state index in [0.29, 0.717) is 11.7 Å². The molecule has 0 spiro atoms. The number of aliphatic hydroxyl groups is 1. The molecule has 2 rings (SSSR count). The van der Waals surface area contributed by atoms with Gasteiger partial charge in [-0.25, -0.2) is 0 Å². The zero-order valence-corrected chi connectivity index (χ0v) is 9.85. The van der Waals surface area contributed by atoms with Crippen LogP contribution in [-0.2, 0) is 0 Å². The number of aromatic hydroxyl groups is 1. The largest absolute Gasteiger partial charge is 0.508 e. The summed E-state index contributed by atoms with van der Waals surface area (Å²) in [6.45, 7) is 5.85. The summed E-state index contributed by atoms with van der Waals surface area (Å²) < 4.78 is 0. The van der Waals surface area contributed by atoms with E-state index in [1.165, 1.54) is 11.3 Å². The fourth-order valence-electron chi connectivity index (χ4n) is 2.53. The summed E-state index contributed by atoms with van der Waals surface area (Å²) in [6.07, 6.45) is 0.462. The lowest BCUT2D eigenvalue weighted by Gasteiger charge is -2.17. The van der Waals surface area contributed by atoms with Crippen LogP contribution in [0.5, 0.6) is 5.75 Å². The third-order valence-electron chi connectivity index (χ3n) is 3.24. The minimum atomic E-state index is -0.294. The zero-order chi connectivity index (χ0) is 11.7. The first-order chi connectivity index (χ1) is 7.61. The molecule has 1 aliphatic rings. The van der Waals surface area contributed by atoms with Gasteiger partial charge in [-0.15, -0.1) is 0 Å². The second-order valence-electron chi connectivity index (χ2n) is 4.56. The average Bonchev–Trinajstić information content (AvgIpc) is 2.55. The van der Waals surface area contributed by atoms with Crippen molar-refractivity contribution >= 4 is 5.69 Å². The standard InChI is InChI=1S/C13H19NO2/c1-3-14-8-10(6-9(2)15)12-7-11(16)4-5-13(12)14/h4-5,7,9-10,15-16H,3,6,8H2,1-2H3. The van der Waals surface area contributed by atoms with E-state index in [4.69, 9.17) is 0 Å². The number of phenols is 1. The number of hydrogen-bond donors (Lipinski definition) is 2. The second-order valence-corrected chi connectivity index (χ2v) is 4.56. The number of anilines is 1. The van der Waals surface area contributed by atoms with E-state index in [-0.39, 0.29) is 6.10 Å². The van der Waals surface area contributed by atoms with Gasteiger partial charge in [0.1, 0.15) is 5.75 Å². The normalized spacial score (nSPS) is 20.9. The van der Waals surface area contributed by atoms with Crippen molar-refractivity contribution in [3.05, 3.63) is 23.8 Å². The molecule has 3 nitrogen and oxygen atoms in total. The molecule has 2 N–H and O–H groups in total. The highest BCUT2D eigenvalue weighted by Gasteiger charge is 2.28. The first kappa shape index (κ1) is 11.3. The van der Waals surface area contributed by atoms with Crippen molar-refractivity contribution in [2.24, 2.45) is 0 Å². The Kier molecular flexibility index (Phi) is 3.06. The minimum absolute atomic E-state index is 0.294. The Morgan fingerprint density at radius 2 is 2.25 bits per heavy atom. The number of nitrogens with zero attached hydrogens (tertiary/aromatic N) is 1. The molecule has 0 saturated heterocycles. The summed E-state index contributed by atoms with van der Waals surface area (Å²) in [7, 11) is 0. The van der Waals surface area contributed by atoms with Crippen molar-refractivity contribution < 1.29 is 10.2 Å². The molecule has 0 aromatic heterocycles. The second kappa shape index (κ2) is 4.34. The highest BCUT2D eigenvalue weighted by Crippen LogP contribution is 2.40. The molecule has 1 aliphatic heterocycles. The van der Waals surface area contributed by atoms with Gasteiger partial charge in [-0.3, -0.25) is 0 Å². The number of aliphatic hydroxyl groups excluding tert-OH is 1. The summed E-state index contributed by atoms with van der Waals surface area (Å²) in [5, 5.41) is 19.0. The van der Waals surface area contributed by atoms with E-state index in [2.05, 4.69) is 11.8 Å². The van der Waals surface area contributed by atoms with Gasteiger partial charge in [0.2, 0.25) is 0 Å². The fourth-order valence-corrected chi connectivity index (χ4v) is 2.53. The summed E-state index contributed by atoms with van der Waals surface area (Å²) in [5.74, 6) is 0.648. The summed E-state index contributed by atoms with van der Waals surface area (Å²) in [5.41, 5.74) is 2.37. The maximum Gasteiger partial charge on any atom is 0.116 e. The topological polar surface area (TPSA) is 43.7 Å². The lowest BCUT2D eigenvalue weighted by atomic mass is 9.95. The van der Waals surface area contributed by atoms with E-state index < -0.39 is 0 Å². The third kappa shape index (κ3) is 2.00. The maximum atomic E-state index is 9.53. The van der Waals surface area contributed by atoms with Gasteiger partial charge < -0.3 is 15.1 Å². The van der Waals surface area contributed by atoms with Gasteiger partial charge in [0.25, 0.3) is 0 Å². The SMILES string of the molecule is CCN1CC(CC(C)O)c2cc(O)ccc21. The number of phenolic OH excluding ortho intramolecular Hbond substituents is 1. The molecule has 0 bridgehead atoms. The van der Waals surface area contributed by atoms with Crippen molar-refractivity contribution in [2.45, 2.75) is 32.3 Å². The van der Waals surface area contributed by atoms with Gasteiger partial charge in [0, 0.05) is 24.7 Å². The molecule has 0 aliphatic carbocycles. The molecule has 0 saturated carbocycles. The molecular weight excluding hydrogens is 202 g/mol. The number of hydrogen-bond acceptors (Lipinski definition) is 3. The molecule has 0 fully saturated rings. The average molecular weight is 221 g/mol. The molecule has 1 heterocycles. The van der Waals surface area contributed by atoms with Gasteiger partial charge in [-0.2, -0.15) is 0 Å². The summed E-state index contributed by atoms with van der Waals surface area (Å²) >= 11 is 0. The van der Waals surface area contributed by atoms with Crippen LogP contribution >= 0.6 is 0 Å². The van der Waals surface area contributed by atoms with Crippen molar-refractivity contribution in [2.75, 3.05) is 18.0 Å². The van der Waals surface area contributed by atoms with Crippen molar-refractivity contribution in [1.29, 1.82) is 0 Å². The Hall–Kier alpha value is -1.22. The van der Waals surface area contributed by atoms with Crippen LogP contribution in [0.3, 0.4) is 0 Å². The lowest BCUT2D eigenvalue weighted by Crippen LogP contribution is -2.22. The Bertz CT molecular complexity index is 376. The molecule has 16 heavy (non-hydrogen) atoms. The molecule has 0 radical (unpaired) electrons. The Morgan fingerprint density at radius 1 is 1.50 bits per heavy atom. The predicted molar refractivity (Wildman–Crippen MR) is 65.0 cm³/mol. The molecule has 2 atom stereocenters. The van der Waals surface area contributed by atoms with E-state index in [0.717, 1.165) is 19.5 Å². The first-order valence-electron chi connectivity index (χ1n) is 5.87. The predicted octanol–water partition coefficient (Wildman–Crippen LogP) is 2.09. The highest BCUT2D eigenvalue weighted by molar-refractivity contribution is 5.62. The zero-order valence-electron chi connectivity index (χ0n) is 9.85. The first-order valence-corrected chi connectivity index (χ1v) is 5.87. The van der Waals surface area contributed by atoms with Crippen LogP contribution in [0.15, 0.2) is 18.2 Å². The van der Waals surface area contributed by atoms with Crippen molar-refractivity contribution in [1.82, 2.24) is 0 Å². The Labute approximate surface area is 96.3 Å². The van der Waals surface area contributed by atoms with Gasteiger partial charge in [0.15, 0.2) is 0 Å². The molecule has 88 valence electrons. The van der Waals surface area contributed by atoms with Crippen LogP contribution in [0.4, 0.5) is 5.69 Å². The van der Waals surface area contributed by atoms with Gasteiger partial charge in [0.05, 0.1) is 6.10 Å². The molecule has 3 heteroatoms. The van der Waals surface area contributed by atoms with Crippen molar-refractivity contribution in [3.63, 3.8) is 0 Å². The molecule has 2 unspecified atom stereocenters. The third-order valence-corrected chi connectivity index (χ3v) is 3.24. The number of rotatable bonds is 3. The van der Waals surface area contributed by atoms with Gasteiger partial charge >= 0.3 is 0 Å². The van der Waals surface area contributed by atoms with Crippen LogP contribution in [0.1, 0.15) is 31.7 Å². The van der Waals surface area contributed by atoms with E-state index in [1.54, 1.807) is 6.07 Å². The number of fused-ring (bicyclic) bond motifs is 1. The fraction of sp³-hybridized carbons (Fsp3) is 0.538. The number of benzene rings is 1. The summed E-state index contributed by atoms with van der Waals surface area (Å²) in [6, 6.07) is 5.53. The van der Waals surface area contributed by atoms with Crippen LogP contribution in [-0.4, -0.2) is 29.4 Å². The van der Waals surface area contributed by atoms with Gasteiger partial charge in [-0.05, 0) is 44.0 Å². The van der Waals surface area contributed by atoms with Crippen LogP contribution in [0, 0.1) is 0 Å².